The highest BCUT2D eigenvalue weighted by Crippen LogP contribution is 2.44. The van der Waals surface area contributed by atoms with Crippen molar-refractivity contribution in [3.05, 3.63) is 35.0 Å². The number of imidazole rings is 1. The lowest BCUT2D eigenvalue weighted by Crippen LogP contribution is -2.36. The zero-order valence-electron chi connectivity index (χ0n) is 22.3. The second-order valence-corrected chi connectivity index (χ2v) is 11.1. The second kappa shape index (κ2) is 11.2. The van der Waals surface area contributed by atoms with Crippen LogP contribution in [0.15, 0.2) is 18.3 Å². The first kappa shape index (κ1) is 27.5. The van der Waals surface area contributed by atoms with Gasteiger partial charge in [-0.2, -0.15) is 4.98 Å². The molecule has 0 unspecified atom stereocenters. The maximum Gasteiger partial charge on any atom is 0.311 e. The Balaban J connectivity index is 1.51. The largest absolute Gasteiger partial charge is 0.466 e. The molecule has 0 bridgehead atoms. The van der Waals surface area contributed by atoms with Gasteiger partial charge in [0.05, 0.1) is 35.5 Å². The SMILES string of the molecule is CCOC(=O)C1(C)CCC(n2c(Nc3c(F)cc(F)cc3Cl)nc3cnc(N[C@@H]4CCOC[C@H]4C)nc32)CC1. The number of anilines is 3. The van der Waals surface area contributed by atoms with Crippen LogP contribution in [0, 0.1) is 23.0 Å². The summed E-state index contributed by atoms with van der Waals surface area (Å²) in [4.78, 5) is 26.6. The van der Waals surface area contributed by atoms with E-state index in [0.29, 0.717) is 74.5 Å². The van der Waals surface area contributed by atoms with Gasteiger partial charge < -0.3 is 20.1 Å². The van der Waals surface area contributed by atoms with Crippen LogP contribution in [-0.4, -0.2) is 51.4 Å². The first-order valence-corrected chi connectivity index (χ1v) is 13.7. The van der Waals surface area contributed by atoms with Crippen LogP contribution in [0.5, 0.6) is 0 Å². The van der Waals surface area contributed by atoms with Crippen molar-refractivity contribution in [2.24, 2.45) is 11.3 Å². The number of carbonyl (C=O) groups excluding carboxylic acids is 1. The molecule has 9 nitrogen and oxygen atoms in total. The minimum Gasteiger partial charge on any atom is -0.466 e. The van der Waals surface area contributed by atoms with Crippen molar-refractivity contribution in [1.82, 2.24) is 19.5 Å². The Labute approximate surface area is 230 Å². The van der Waals surface area contributed by atoms with Crippen molar-refractivity contribution in [3.8, 4) is 0 Å². The van der Waals surface area contributed by atoms with Gasteiger partial charge in [0.2, 0.25) is 11.9 Å². The molecule has 12 heteroatoms. The van der Waals surface area contributed by atoms with Gasteiger partial charge in [0.1, 0.15) is 11.3 Å². The normalized spacial score (nSPS) is 25.4. The molecule has 1 aromatic carbocycles. The minimum atomic E-state index is -0.834. The molecule has 2 N–H and O–H groups in total. The Morgan fingerprint density at radius 2 is 2.03 bits per heavy atom. The standard InChI is InChI=1S/C27H33ClF2N6O3/c1-4-39-24(37)27(3)8-5-17(6-9-27)36-23-21(13-31-25(35-23)32-20-7-10-38-14-15(20)2)33-26(36)34-22-18(28)11-16(29)12-19(22)30/h11-13,15,17,20H,4-10,14H2,1-3H3,(H,33,34)(H,31,32,35)/t15-,17?,20-,27?/m1/s1. The maximum atomic E-state index is 14.7. The highest BCUT2D eigenvalue weighted by Gasteiger charge is 2.40. The van der Waals surface area contributed by atoms with Crippen LogP contribution in [0.4, 0.5) is 26.4 Å². The number of nitrogens with zero attached hydrogens (tertiary/aromatic N) is 4. The lowest BCUT2D eigenvalue weighted by Gasteiger charge is -2.36. The molecule has 210 valence electrons. The number of fused-ring (bicyclic) bond motifs is 1. The van der Waals surface area contributed by atoms with Gasteiger partial charge in [0.25, 0.3) is 0 Å². The van der Waals surface area contributed by atoms with Crippen molar-refractivity contribution in [2.45, 2.75) is 65.0 Å². The number of hydrogen-bond donors (Lipinski definition) is 2. The van der Waals surface area contributed by atoms with Gasteiger partial charge in [-0.3, -0.25) is 9.36 Å². The van der Waals surface area contributed by atoms with Crippen LogP contribution in [0.25, 0.3) is 11.2 Å². The molecule has 2 aromatic heterocycles. The number of esters is 1. The van der Waals surface area contributed by atoms with Crippen LogP contribution in [0.3, 0.4) is 0 Å². The predicted octanol–water partition coefficient (Wildman–Crippen LogP) is 6.02. The average molecular weight is 563 g/mol. The van der Waals surface area contributed by atoms with Crippen LogP contribution in [-0.2, 0) is 14.3 Å². The third kappa shape index (κ3) is 5.65. The molecule has 2 aliphatic rings. The summed E-state index contributed by atoms with van der Waals surface area (Å²) in [7, 11) is 0. The zero-order chi connectivity index (χ0) is 27.7. The number of hydrogen-bond acceptors (Lipinski definition) is 8. The van der Waals surface area contributed by atoms with E-state index in [4.69, 9.17) is 26.1 Å². The van der Waals surface area contributed by atoms with Gasteiger partial charge in [-0.1, -0.05) is 18.5 Å². The maximum absolute atomic E-state index is 14.7. The third-order valence-corrected chi connectivity index (χ3v) is 8.12. The average Bonchev–Trinajstić information content (AvgIpc) is 3.25. The molecule has 3 heterocycles. The van der Waals surface area contributed by atoms with Crippen LogP contribution < -0.4 is 10.6 Å². The Kier molecular flexibility index (Phi) is 7.91. The topological polar surface area (TPSA) is 103 Å². The van der Waals surface area contributed by atoms with E-state index in [1.54, 1.807) is 13.1 Å². The van der Waals surface area contributed by atoms with E-state index >= 15 is 0 Å². The third-order valence-electron chi connectivity index (χ3n) is 7.82. The highest BCUT2D eigenvalue weighted by molar-refractivity contribution is 6.33. The Hall–Kier alpha value is -3.05. The lowest BCUT2D eigenvalue weighted by atomic mass is 9.74. The van der Waals surface area contributed by atoms with Crippen molar-refractivity contribution >= 4 is 46.3 Å². The minimum absolute atomic E-state index is 0.0795. The van der Waals surface area contributed by atoms with Gasteiger partial charge in [-0.05, 0) is 57.9 Å². The van der Waals surface area contributed by atoms with E-state index in [-0.39, 0.29) is 28.8 Å². The molecule has 1 saturated heterocycles. The van der Waals surface area contributed by atoms with E-state index in [0.717, 1.165) is 18.6 Å². The van der Waals surface area contributed by atoms with Gasteiger partial charge in [0.15, 0.2) is 11.5 Å². The lowest BCUT2D eigenvalue weighted by molar-refractivity contribution is -0.156. The Morgan fingerprint density at radius 1 is 1.26 bits per heavy atom. The summed E-state index contributed by atoms with van der Waals surface area (Å²) < 4.78 is 41.2. The second-order valence-electron chi connectivity index (χ2n) is 10.7. The molecule has 0 spiro atoms. The molecule has 0 amide bonds. The number of rotatable bonds is 7. The van der Waals surface area contributed by atoms with Gasteiger partial charge in [-0.25, -0.2) is 18.7 Å². The first-order chi connectivity index (χ1) is 18.7. The van der Waals surface area contributed by atoms with Gasteiger partial charge in [0, 0.05) is 24.8 Å². The van der Waals surface area contributed by atoms with E-state index in [1.807, 2.05) is 11.5 Å². The number of carbonyl (C=O) groups is 1. The molecule has 2 atom stereocenters. The molecular weight excluding hydrogens is 530 g/mol. The summed E-state index contributed by atoms with van der Waals surface area (Å²) in [6.45, 7) is 7.51. The Bertz CT molecular complexity index is 1340. The fraction of sp³-hybridized carbons (Fsp3) is 0.556. The Morgan fingerprint density at radius 3 is 2.72 bits per heavy atom. The summed E-state index contributed by atoms with van der Waals surface area (Å²) in [5.74, 6) is -0.732. The molecule has 1 aliphatic heterocycles. The van der Waals surface area contributed by atoms with Gasteiger partial charge in [-0.15, -0.1) is 0 Å². The number of benzene rings is 1. The van der Waals surface area contributed by atoms with Crippen LogP contribution >= 0.6 is 11.6 Å². The van der Waals surface area contributed by atoms with Crippen LogP contribution in [0.1, 0.15) is 58.9 Å². The summed E-state index contributed by atoms with van der Waals surface area (Å²) in [6, 6.07) is 1.88. The van der Waals surface area contributed by atoms with E-state index in [9.17, 15) is 13.6 Å². The molecule has 1 aliphatic carbocycles. The summed E-state index contributed by atoms with van der Waals surface area (Å²) >= 11 is 6.19. The quantitative estimate of drug-likeness (QED) is 0.337. The molecule has 0 radical (unpaired) electrons. The predicted molar refractivity (Wildman–Crippen MR) is 144 cm³/mol. The molecule has 1 saturated carbocycles. The molecule has 3 aromatic rings. The molecule has 39 heavy (non-hydrogen) atoms. The smallest absolute Gasteiger partial charge is 0.311 e. The number of nitrogens with one attached hydrogen (secondary N) is 2. The monoisotopic (exact) mass is 562 g/mol. The summed E-state index contributed by atoms with van der Waals surface area (Å²) in [5.41, 5.74) is 0.423. The first-order valence-electron chi connectivity index (χ1n) is 13.4. The fourth-order valence-corrected chi connectivity index (χ4v) is 5.68. The summed E-state index contributed by atoms with van der Waals surface area (Å²) in [6.07, 6.45) is 4.99. The number of halogens is 3. The van der Waals surface area contributed by atoms with Crippen molar-refractivity contribution in [1.29, 1.82) is 0 Å². The fourth-order valence-electron chi connectivity index (χ4n) is 5.44. The summed E-state index contributed by atoms with van der Waals surface area (Å²) in [5, 5.41) is 6.30. The molecule has 5 rings (SSSR count). The van der Waals surface area contributed by atoms with Crippen molar-refractivity contribution < 1.29 is 23.0 Å². The van der Waals surface area contributed by atoms with Crippen molar-refractivity contribution in [3.63, 3.8) is 0 Å². The zero-order valence-corrected chi connectivity index (χ0v) is 23.0. The molecular formula is C27H33ClF2N6O3. The highest BCUT2D eigenvalue weighted by atomic mass is 35.5. The van der Waals surface area contributed by atoms with Crippen LogP contribution in [0.2, 0.25) is 5.02 Å². The van der Waals surface area contributed by atoms with E-state index in [1.165, 1.54) is 0 Å². The van der Waals surface area contributed by atoms with E-state index in [2.05, 4.69) is 27.5 Å². The van der Waals surface area contributed by atoms with Gasteiger partial charge >= 0.3 is 5.97 Å². The number of ether oxygens (including phenoxy) is 2. The number of aromatic nitrogens is 4. The van der Waals surface area contributed by atoms with Crippen molar-refractivity contribution in [2.75, 3.05) is 30.5 Å². The van der Waals surface area contributed by atoms with E-state index < -0.39 is 17.0 Å². The molecule has 2 fully saturated rings.